The minimum Gasteiger partial charge on any atom is -0.480 e. The molecule has 0 amide bonds. The smallest absolute Gasteiger partial charge is 0.472 e. The maximum atomic E-state index is 12.6. The fourth-order valence-electron chi connectivity index (χ4n) is 5.24. The number of hydrogen-bond donors (Lipinski definition) is 3. The number of ether oxygens (including phenoxy) is 2. The highest BCUT2D eigenvalue weighted by Gasteiger charge is 2.28. The van der Waals surface area contributed by atoms with Crippen LogP contribution >= 0.6 is 7.82 Å². The number of unbranched alkanes of at least 4 members (excludes halogenated alkanes) is 11. The summed E-state index contributed by atoms with van der Waals surface area (Å²) in [4.78, 5) is 45.9. The van der Waals surface area contributed by atoms with E-state index in [-0.39, 0.29) is 19.4 Å². The number of phosphoric acid groups is 1. The summed E-state index contributed by atoms with van der Waals surface area (Å²) in [7, 11) is -4.74. The molecule has 0 saturated carbocycles. The van der Waals surface area contributed by atoms with Gasteiger partial charge in [-0.05, 0) is 89.9 Å². The third-order valence-electron chi connectivity index (χ3n) is 8.63. The van der Waals surface area contributed by atoms with Crippen LogP contribution in [0.1, 0.15) is 155 Å². The van der Waals surface area contributed by atoms with Crippen LogP contribution in [0.25, 0.3) is 0 Å². The molecular weight excluding hydrogens is 757 g/mol. The molecule has 0 saturated heterocycles. The molecule has 0 aliphatic heterocycles. The number of allylic oxidation sites excluding steroid dienone is 14. The second kappa shape index (κ2) is 40.4. The van der Waals surface area contributed by atoms with Crippen LogP contribution in [0.2, 0.25) is 0 Å². The first-order valence-corrected chi connectivity index (χ1v) is 23.1. The predicted molar refractivity (Wildman–Crippen MR) is 235 cm³/mol. The molecule has 11 nitrogen and oxygen atoms in total. The summed E-state index contributed by atoms with van der Waals surface area (Å²) >= 11 is 0. The summed E-state index contributed by atoms with van der Waals surface area (Å²) < 4.78 is 32.6. The Morgan fingerprint density at radius 2 is 0.966 bits per heavy atom. The van der Waals surface area contributed by atoms with Gasteiger partial charge in [0.25, 0.3) is 0 Å². The number of carbonyl (C=O) groups excluding carboxylic acids is 2. The van der Waals surface area contributed by atoms with Crippen molar-refractivity contribution >= 4 is 25.7 Å². The van der Waals surface area contributed by atoms with Gasteiger partial charge in [-0.25, -0.2) is 4.57 Å². The lowest BCUT2D eigenvalue weighted by molar-refractivity contribution is -0.161. The first-order chi connectivity index (χ1) is 28.1. The van der Waals surface area contributed by atoms with E-state index in [1.807, 2.05) is 0 Å². The van der Waals surface area contributed by atoms with Gasteiger partial charge in [0, 0.05) is 12.8 Å². The number of esters is 2. The fourth-order valence-corrected chi connectivity index (χ4v) is 6.02. The van der Waals surface area contributed by atoms with E-state index in [2.05, 4.69) is 103 Å². The van der Waals surface area contributed by atoms with E-state index in [1.54, 1.807) is 0 Å². The van der Waals surface area contributed by atoms with Crippen molar-refractivity contribution in [1.29, 1.82) is 0 Å². The van der Waals surface area contributed by atoms with Gasteiger partial charge in [0.15, 0.2) is 6.10 Å². The van der Waals surface area contributed by atoms with Crippen molar-refractivity contribution < 1.29 is 47.5 Å². The van der Waals surface area contributed by atoms with E-state index >= 15 is 0 Å². The van der Waals surface area contributed by atoms with Crippen molar-refractivity contribution in [2.45, 2.75) is 167 Å². The minimum absolute atomic E-state index is 0.110. The lowest BCUT2D eigenvalue weighted by atomic mass is 10.1. The van der Waals surface area contributed by atoms with E-state index < -0.39 is 51.1 Å². The summed E-state index contributed by atoms with van der Waals surface area (Å²) in [5.74, 6) is -2.47. The number of carboxylic acids is 1. The molecule has 0 aromatic rings. The molecule has 0 rings (SSSR count). The summed E-state index contributed by atoms with van der Waals surface area (Å²) in [6.45, 7) is 2.60. The van der Waals surface area contributed by atoms with Gasteiger partial charge < -0.3 is 25.2 Å². The predicted octanol–water partition coefficient (Wildman–Crippen LogP) is 11.5. The zero-order chi connectivity index (χ0) is 42.8. The number of carbonyl (C=O) groups is 3. The lowest BCUT2D eigenvalue weighted by Crippen LogP contribution is -2.34. The van der Waals surface area contributed by atoms with Crippen molar-refractivity contribution in [1.82, 2.24) is 0 Å². The van der Waals surface area contributed by atoms with E-state index in [4.69, 9.17) is 24.8 Å². The molecule has 0 aliphatic carbocycles. The highest BCUT2D eigenvalue weighted by atomic mass is 31.2. The molecule has 0 radical (unpaired) electrons. The molecule has 0 fully saturated rings. The second-order valence-corrected chi connectivity index (χ2v) is 15.5. The number of carboxylic acid groups (broad SMARTS) is 1. The standard InChI is InChI=1S/C46H76NO10P/c1-3-5-7-9-11-13-15-17-19-20-21-22-24-26-28-30-32-34-36-38-45(49)57-42(40-55-58(52,53)56-41-43(47)46(50)51)39-54-44(48)37-35-33-31-29-27-25-23-18-16-14-12-10-8-6-4-2/h5,7,11,13,17-19,21-23,26-29,42-43H,3-4,6,8-10,12,14-16,20,24-25,30-41,47H2,1-2H3,(H,50,51)(H,52,53)/b7-5+,13-11+,19-17+,22-21+,23-18+,28-26+,29-27+/t42-,43+/m1/s1. The first kappa shape index (κ1) is 54.7. The Hall–Kier alpha value is -3.34. The Balaban J connectivity index is 4.51. The second-order valence-electron chi connectivity index (χ2n) is 14.1. The Bertz CT molecular complexity index is 1300. The number of aliphatic carboxylic acids is 1. The maximum absolute atomic E-state index is 12.6. The summed E-state index contributed by atoms with van der Waals surface area (Å²) in [6, 6.07) is -1.54. The molecule has 0 aromatic carbocycles. The lowest BCUT2D eigenvalue weighted by Gasteiger charge is -2.20. The van der Waals surface area contributed by atoms with Crippen LogP contribution in [0.5, 0.6) is 0 Å². The van der Waals surface area contributed by atoms with Gasteiger partial charge in [0.05, 0.1) is 13.2 Å². The van der Waals surface area contributed by atoms with Crippen molar-refractivity contribution in [2.24, 2.45) is 5.73 Å². The van der Waals surface area contributed by atoms with Crippen LogP contribution < -0.4 is 5.73 Å². The Morgan fingerprint density at radius 3 is 1.48 bits per heavy atom. The molecule has 0 aliphatic rings. The molecule has 0 spiro atoms. The van der Waals surface area contributed by atoms with Crippen molar-refractivity contribution in [3.05, 3.63) is 85.1 Å². The summed E-state index contributed by atoms with van der Waals surface area (Å²) in [5.41, 5.74) is 5.33. The quantitative estimate of drug-likeness (QED) is 0.0233. The van der Waals surface area contributed by atoms with Crippen LogP contribution in [0.15, 0.2) is 85.1 Å². The fraction of sp³-hybridized carbons (Fsp3) is 0.630. The zero-order valence-corrected chi connectivity index (χ0v) is 36.5. The summed E-state index contributed by atoms with van der Waals surface area (Å²) in [5, 5.41) is 8.89. The molecule has 0 aromatic heterocycles. The average Bonchev–Trinajstić information content (AvgIpc) is 3.20. The van der Waals surface area contributed by atoms with E-state index in [1.165, 1.54) is 38.5 Å². The SMILES string of the molecule is CC/C=C/C/C=C/C/C=C/C/C=C/C/C=C/CCCCCC(=O)O[C@H](COC(=O)CCCC/C=C/C/C=C/CCCCCCCC)COP(=O)(O)OC[C@H](N)C(=O)O. The Kier molecular flexibility index (Phi) is 38.1. The number of phosphoric ester groups is 1. The molecule has 0 bridgehead atoms. The van der Waals surface area contributed by atoms with E-state index in [9.17, 15) is 23.8 Å². The van der Waals surface area contributed by atoms with E-state index in [0.717, 1.165) is 77.0 Å². The first-order valence-electron chi connectivity index (χ1n) is 21.6. The minimum atomic E-state index is -4.74. The zero-order valence-electron chi connectivity index (χ0n) is 35.6. The number of rotatable bonds is 39. The number of nitrogens with two attached hydrogens (primary N) is 1. The van der Waals surface area contributed by atoms with Gasteiger partial charge in [0.2, 0.25) is 0 Å². The molecule has 3 atom stereocenters. The van der Waals surface area contributed by atoms with Gasteiger partial charge in [-0.15, -0.1) is 0 Å². The molecule has 58 heavy (non-hydrogen) atoms. The van der Waals surface area contributed by atoms with Crippen molar-refractivity contribution in [2.75, 3.05) is 19.8 Å². The largest absolute Gasteiger partial charge is 0.480 e. The molecule has 330 valence electrons. The van der Waals surface area contributed by atoms with Crippen LogP contribution in [0.4, 0.5) is 0 Å². The van der Waals surface area contributed by atoms with Crippen molar-refractivity contribution in [3.63, 3.8) is 0 Å². The highest BCUT2D eigenvalue weighted by molar-refractivity contribution is 7.47. The topological polar surface area (TPSA) is 172 Å². The third-order valence-corrected chi connectivity index (χ3v) is 9.58. The molecule has 1 unspecified atom stereocenters. The number of hydrogen-bond acceptors (Lipinski definition) is 9. The Morgan fingerprint density at radius 1 is 0.552 bits per heavy atom. The van der Waals surface area contributed by atoms with Crippen LogP contribution in [-0.2, 0) is 37.5 Å². The van der Waals surface area contributed by atoms with Gasteiger partial charge in [-0.1, -0.05) is 137 Å². The van der Waals surface area contributed by atoms with Crippen molar-refractivity contribution in [3.8, 4) is 0 Å². The van der Waals surface area contributed by atoms with E-state index in [0.29, 0.717) is 12.8 Å². The Labute approximate surface area is 350 Å². The van der Waals surface area contributed by atoms with Gasteiger partial charge >= 0.3 is 25.7 Å². The van der Waals surface area contributed by atoms with Crippen LogP contribution in [0, 0.1) is 0 Å². The van der Waals surface area contributed by atoms with Crippen LogP contribution in [-0.4, -0.2) is 59.9 Å². The van der Waals surface area contributed by atoms with Gasteiger partial charge in [-0.3, -0.25) is 23.4 Å². The maximum Gasteiger partial charge on any atom is 0.472 e. The van der Waals surface area contributed by atoms with Crippen LogP contribution in [0.3, 0.4) is 0 Å². The normalized spacial score (nSPS) is 14.6. The average molecular weight is 834 g/mol. The molecule has 4 N–H and O–H groups in total. The molecule has 0 heterocycles. The highest BCUT2D eigenvalue weighted by Crippen LogP contribution is 2.43. The third kappa shape index (κ3) is 39.5. The summed E-state index contributed by atoms with van der Waals surface area (Å²) in [6.07, 6.45) is 49.4. The van der Waals surface area contributed by atoms with Gasteiger partial charge in [0.1, 0.15) is 12.6 Å². The monoisotopic (exact) mass is 834 g/mol. The molecule has 12 heteroatoms. The van der Waals surface area contributed by atoms with Gasteiger partial charge in [-0.2, -0.15) is 0 Å². The molecular formula is C46H76NO10P.